The van der Waals surface area contributed by atoms with Crippen molar-refractivity contribution in [2.75, 3.05) is 6.54 Å². The van der Waals surface area contributed by atoms with Gasteiger partial charge in [-0.15, -0.1) is 0 Å². The lowest BCUT2D eigenvalue weighted by molar-refractivity contribution is -0.209. The van der Waals surface area contributed by atoms with Crippen LogP contribution in [0.5, 0.6) is 0 Å². The fourth-order valence-corrected chi connectivity index (χ4v) is 3.25. The highest BCUT2D eigenvalue weighted by Gasteiger charge is 2.50. The van der Waals surface area contributed by atoms with E-state index in [0.29, 0.717) is 11.7 Å². The van der Waals surface area contributed by atoms with Crippen LogP contribution in [0.3, 0.4) is 0 Å². The number of nitrogens with zero attached hydrogens (tertiary/aromatic N) is 1. The third kappa shape index (κ3) is 3.33. The highest BCUT2D eigenvalue weighted by molar-refractivity contribution is 8.14. The standard InChI is InChI=1S/C10H15F3N2O3S/c1-2-14-9-15-5-7(17)6(16)4(3-10(11,12)13)18-8(5)19-9/h4-8,16-17H,2-3H2,1H3,(H,14,15). The Morgan fingerprint density at radius 3 is 2.63 bits per heavy atom. The van der Waals surface area contributed by atoms with Crippen LogP contribution in [0.1, 0.15) is 13.3 Å². The summed E-state index contributed by atoms with van der Waals surface area (Å²) in [6.45, 7) is 2.46. The van der Waals surface area contributed by atoms with Gasteiger partial charge in [-0.1, -0.05) is 11.8 Å². The SMILES string of the molecule is CCNC1=NC2C(OC(CC(F)(F)F)C(O)C2O)S1. The summed E-state index contributed by atoms with van der Waals surface area (Å²) in [5.41, 5.74) is -0.695. The van der Waals surface area contributed by atoms with Crippen molar-refractivity contribution in [1.82, 2.24) is 5.32 Å². The van der Waals surface area contributed by atoms with E-state index in [1.54, 1.807) is 0 Å². The minimum Gasteiger partial charge on any atom is -0.388 e. The second-order valence-corrected chi connectivity index (χ2v) is 5.50. The number of amidine groups is 1. The fourth-order valence-electron chi connectivity index (χ4n) is 2.06. The highest BCUT2D eigenvalue weighted by Crippen LogP contribution is 2.38. The first-order valence-corrected chi connectivity index (χ1v) is 6.76. The van der Waals surface area contributed by atoms with Crippen molar-refractivity contribution >= 4 is 16.9 Å². The molecule has 0 aromatic carbocycles. The third-order valence-corrected chi connectivity index (χ3v) is 4.02. The van der Waals surface area contributed by atoms with Crippen LogP contribution < -0.4 is 5.32 Å². The van der Waals surface area contributed by atoms with Crippen LogP contribution in [0.2, 0.25) is 0 Å². The smallest absolute Gasteiger partial charge is 0.388 e. The van der Waals surface area contributed by atoms with Crippen molar-refractivity contribution < 1.29 is 28.1 Å². The van der Waals surface area contributed by atoms with Crippen molar-refractivity contribution in [3.05, 3.63) is 0 Å². The summed E-state index contributed by atoms with van der Waals surface area (Å²) in [4.78, 5) is 4.11. The van der Waals surface area contributed by atoms with Gasteiger partial charge < -0.3 is 20.3 Å². The predicted octanol–water partition coefficient (Wildman–Crippen LogP) is 0.466. The zero-order valence-electron chi connectivity index (χ0n) is 10.1. The van der Waals surface area contributed by atoms with Crippen molar-refractivity contribution in [2.24, 2.45) is 4.99 Å². The maximum Gasteiger partial charge on any atom is 0.391 e. The molecule has 1 saturated heterocycles. The zero-order chi connectivity index (χ0) is 14.2. The predicted molar refractivity (Wildman–Crippen MR) is 63.8 cm³/mol. The van der Waals surface area contributed by atoms with E-state index in [4.69, 9.17) is 4.74 Å². The largest absolute Gasteiger partial charge is 0.391 e. The summed E-state index contributed by atoms with van der Waals surface area (Å²) in [6, 6.07) is -0.737. The summed E-state index contributed by atoms with van der Waals surface area (Å²) in [7, 11) is 0. The van der Waals surface area contributed by atoms with E-state index in [2.05, 4.69) is 10.3 Å². The normalized spacial score (nSPS) is 38.8. The molecule has 0 aromatic rings. The number of rotatable bonds is 2. The number of thioether (sulfide) groups is 1. The van der Waals surface area contributed by atoms with Gasteiger partial charge in [0.1, 0.15) is 23.7 Å². The molecule has 5 nitrogen and oxygen atoms in total. The average molecular weight is 300 g/mol. The maximum absolute atomic E-state index is 12.4. The van der Waals surface area contributed by atoms with E-state index in [1.165, 1.54) is 0 Å². The first kappa shape index (κ1) is 14.9. The topological polar surface area (TPSA) is 74.1 Å². The summed E-state index contributed by atoms with van der Waals surface area (Å²) in [5, 5.41) is 23.0. The molecule has 2 aliphatic heterocycles. The van der Waals surface area contributed by atoms with E-state index in [1.807, 2.05) is 6.92 Å². The first-order chi connectivity index (χ1) is 8.81. The van der Waals surface area contributed by atoms with E-state index in [0.717, 1.165) is 11.8 Å². The minimum atomic E-state index is -4.45. The fraction of sp³-hybridized carbons (Fsp3) is 0.900. The Labute approximate surface area is 112 Å². The molecule has 2 aliphatic rings. The van der Waals surface area contributed by atoms with Gasteiger partial charge in [0.2, 0.25) is 0 Å². The number of fused-ring (bicyclic) bond motifs is 1. The highest BCUT2D eigenvalue weighted by atomic mass is 32.2. The number of halogens is 3. The molecule has 5 unspecified atom stereocenters. The van der Waals surface area contributed by atoms with Crippen LogP contribution in [0.25, 0.3) is 0 Å². The van der Waals surface area contributed by atoms with Gasteiger partial charge in [0, 0.05) is 6.54 Å². The second kappa shape index (κ2) is 5.47. The second-order valence-electron chi connectivity index (χ2n) is 4.42. The van der Waals surface area contributed by atoms with E-state index in [-0.39, 0.29) is 0 Å². The van der Waals surface area contributed by atoms with E-state index in [9.17, 15) is 23.4 Å². The molecule has 9 heteroatoms. The minimum absolute atomic E-state index is 0.511. The molecule has 110 valence electrons. The molecular formula is C10H15F3N2O3S. The van der Waals surface area contributed by atoms with Gasteiger partial charge in [0.05, 0.1) is 12.5 Å². The van der Waals surface area contributed by atoms with Crippen LogP contribution in [0, 0.1) is 0 Å². The van der Waals surface area contributed by atoms with Gasteiger partial charge in [-0.3, -0.25) is 4.99 Å². The van der Waals surface area contributed by atoms with Crippen molar-refractivity contribution in [2.45, 2.75) is 49.3 Å². The Morgan fingerprint density at radius 1 is 1.37 bits per heavy atom. The van der Waals surface area contributed by atoms with Gasteiger partial charge in [-0.25, -0.2) is 0 Å². The third-order valence-electron chi connectivity index (χ3n) is 2.92. The van der Waals surface area contributed by atoms with Gasteiger partial charge in [0.15, 0.2) is 5.17 Å². The summed E-state index contributed by atoms with van der Waals surface area (Å²) in [5.74, 6) is 0. The number of aliphatic hydroxyl groups excluding tert-OH is 2. The van der Waals surface area contributed by atoms with Crippen LogP contribution in [0.4, 0.5) is 13.2 Å². The molecule has 0 amide bonds. The number of aliphatic hydroxyl groups is 2. The van der Waals surface area contributed by atoms with Gasteiger partial charge in [0.25, 0.3) is 0 Å². The lowest BCUT2D eigenvalue weighted by Crippen LogP contribution is -2.55. The van der Waals surface area contributed by atoms with E-state index < -0.39 is 42.4 Å². The van der Waals surface area contributed by atoms with Crippen LogP contribution >= 0.6 is 11.8 Å². The molecule has 5 atom stereocenters. The maximum atomic E-state index is 12.4. The van der Waals surface area contributed by atoms with Crippen molar-refractivity contribution in [3.63, 3.8) is 0 Å². The number of ether oxygens (including phenoxy) is 1. The molecule has 0 aromatic heterocycles. The van der Waals surface area contributed by atoms with E-state index >= 15 is 0 Å². The monoisotopic (exact) mass is 300 g/mol. The summed E-state index contributed by atoms with van der Waals surface area (Å²) in [6.07, 6.45) is -10.1. The van der Waals surface area contributed by atoms with Gasteiger partial charge in [-0.2, -0.15) is 13.2 Å². The Kier molecular flexibility index (Phi) is 4.29. The Morgan fingerprint density at radius 2 is 2.05 bits per heavy atom. The molecule has 0 bridgehead atoms. The molecule has 2 heterocycles. The Balaban J connectivity index is 2.06. The molecule has 0 saturated carbocycles. The molecule has 2 rings (SSSR count). The van der Waals surface area contributed by atoms with Gasteiger partial charge >= 0.3 is 6.18 Å². The molecule has 3 N–H and O–H groups in total. The molecule has 1 fully saturated rings. The number of alkyl halides is 3. The van der Waals surface area contributed by atoms with Crippen LogP contribution in [-0.4, -0.2) is 57.9 Å². The average Bonchev–Trinajstić information content (AvgIpc) is 2.67. The molecule has 0 radical (unpaired) electrons. The summed E-state index contributed by atoms with van der Waals surface area (Å²) < 4.78 is 42.3. The van der Waals surface area contributed by atoms with Crippen LogP contribution in [-0.2, 0) is 4.74 Å². The summed E-state index contributed by atoms with van der Waals surface area (Å²) >= 11 is 1.13. The van der Waals surface area contributed by atoms with Gasteiger partial charge in [-0.05, 0) is 6.92 Å². The zero-order valence-corrected chi connectivity index (χ0v) is 10.9. The van der Waals surface area contributed by atoms with Crippen molar-refractivity contribution in [1.29, 1.82) is 0 Å². The molecule has 19 heavy (non-hydrogen) atoms. The lowest BCUT2D eigenvalue weighted by Gasteiger charge is -2.38. The lowest BCUT2D eigenvalue weighted by atomic mass is 9.96. The number of hydrogen-bond acceptors (Lipinski definition) is 6. The molecule has 0 spiro atoms. The quantitative estimate of drug-likeness (QED) is 0.691. The Bertz CT molecular complexity index is 366. The molecule has 0 aliphatic carbocycles. The first-order valence-electron chi connectivity index (χ1n) is 5.88. The van der Waals surface area contributed by atoms with Crippen molar-refractivity contribution in [3.8, 4) is 0 Å². The molecular weight excluding hydrogens is 285 g/mol. The number of aliphatic imine (C=N–C) groups is 1. The number of nitrogens with one attached hydrogen (secondary N) is 1. The Hall–Kier alpha value is -0.510. The number of hydrogen-bond donors (Lipinski definition) is 3. The van der Waals surface area contributed by atoms with Crippen LogP contribution in [0.15, 0.2) is 4.99 Å².